The monoisotopic (exact) mass is 451 g/mol. The van der Waals surface area contributed by atoms with Crippen molar-refractivity contribution in [2.45, 2.75) is 57.1 Å². The molecule has 0 amide bonds. The van der Waals surface area contributed by atoms with E-state index in [4.69, 9.17) is 15.6 Å². The molecule has 3 fully saturated rings. The molecule has 2 saturated carbocycles. The predicted molar refractivity (Wildman–Crippen MR) is 112 cm³/mol. The molecule has 7 nitrogen and oxygen atoms in total. The van der Waals surface area contributed by atoms with Crippen molar-refractivity contribution in [1.82, 2.24) is 19.7 Å². The third-order valence-corrected chi connectivity index (χ3v) is 7.19. The Hall–Kier alpha value is -2.33. The third kappa shape index (κ3) is 3.83. The highest BCUT2D eigenvalue weighted by molar-refractivity contribution is 5.64. The topological polar surface area (TPSA) is 78.4 Å². The van der Waals surface area contributed by atoms with E-state index in [-0.39, 0.29) is 11.9 Å². The van der Waals surface area contributed by atoms with Crippen molar-refractivity contribution in [3.05, 3.63) is 24.0 Å². The zero-order chi connectivity index (χ0) is 22.8. The minimum Gasteiger partial charge on any atom is -0.402 e. The van der Waals surface area contributed by atoms with Crippen molar-refractivity contribution in [2.75, 3.05) is 26.0 Å². The molecule has 2 N–H and O–H groups in total. The summed E-state index contributed by atoms with van der Waals surface area (Å²) in [6.07, 6.45) is -1.08. The van der Waals surface area contributed by atoms with Gasteiger partial charge in [-0.1, -0.05) is 0 Å². The van der Waals surface area contributed by atoms with Crippen LogP contribution in [0, 0.1) is 11.8 Å². The van der Waals surface area contributed by atoms with Gasteiger partial charge in [0.15, 0.2) is 11.6 Å². The fraction of sp³-hybridized carbons (Fsp3) is 0.636. The van der Waals surface area contributed by atoms with Gasteiger partial charge in [0, 0.05) is 35.5 Å². The highest BCUT2D eigenvalue weighted by Gasteiger charge is 2.59. The number of hydrogen-bond donors (Lipinski definition) is 1. The molecule has 32 heavy (non-hydrogen) atoms. The molecule has 1 aliphatic heterocycles. The van der Waals surface area contributed by atoms with Gasteiger partial charge >= 0.3 is 6.36 Å². The molecule has 2 aliphatic carbocycles. The number of nitrogens with zero attached hydrogens (tertiary/aromatic N) is 4. The number of nitrogen functional groups attached to an aromatic ring is 1. The van der Waals surface area contributed by atoms with Gasteiger partial charge in [-0.3, -0.25) is 9.58 Å². The van der Waals surface area contributed by atoms with Gasteiger partial charge < -0.3 is 15.2 Å². The number of anilines is 1. The fourth-order valence-electron chi connectivity index (χ4n) is 5.35. The number of halogens is 3. The number of ether oxygens (including phenoxy) is 2. The Bertz CT molecular complexity index is 992. The second-order valence-corrected chi connectivity index (χ2v) is 9.48. The van der Waals surface area contributed by atoms with E-state index >= 15 is 0 Å². The Morgan fingerprint density at radius 3 is 2.44 bits per heavy atom. The van der Waals surface area contributed by atoms with Crippen molar-refractivity contribution in [2.24, 2.45) is 11.8 Å². The lowest BCUT2D eigenvalue weighted by Gasteiger charge is -2.39. The number of fused-ring (bicyclic) bond motifs is 1. The minimum atomic E-state index is -4.84. The van der Waals surface area contributed by atoms with E-state index < -0.39 is 12.1 Å². The molecule has 0 bridgehead atoms. The Labute approximate surface area is 184 Å². The smallest absolute Gasteiger partial charge is 0.402 e. The molecule has 1 saturated heterocycles. The van der Waals surface area contributed by atoms with Crippen LogP contribution in [0.1, 0.15) is 44.3 Å². The summed E-state index contributed by atoms with van der Waals surface area (Å²) in [6.45, 7) is 5.77. The standard InChI is InChI=1S/C22H28F3N5O2/c1-11(2)30-18(20-15-5-13(6-16(15)20)29(3)14-9-31-10-14)7-17(28-30)12-4-19(21(26)27-8-12)32-22(23,24)25/h4,7-8,11,13-16,20H,5-6,9-10H2,1-3H3,(H2,26,27)/t13-,15+,16-,20-. The van der Waals surface area contributed by atoms with E-state index in [0.717, 1.165) is 31.7 Å². The van der Waals surface area contributed by atoms with Gasteiger partial charge in [-0.05, 0) is 57.7 Å². The lowest BCUT2D eigenvalue weighted by molar-refractivity contribution is -0.274. The van der Waals surface area contributed by atoms with Crippen LogP contribution in [0.2, 0.25) is 0 Å². The van der Waals surface area contributed by atoms with Crippen molar-refractivity contribution in [1.29, 1.82) is 0 Å². The molecule has 2 aromatic heterocycles. The first-order chi connectivity index (χ1) is 15.1. The SMILES string of the molecule is CC(C)n1nc(-c2cnc(N)c(OC(F)(F)F)c2)cc1[C@H]1[C@@H]2C[C@H](N(C)C3COC3)C[C@@H]21. The van der Waals surface area contributed by atoms with Gasteiger partial charge in [-0.25, -0.2) is 4.98 Å². The van der Waals surface area contributed by atoms with Gasteiger partial charge in [0.05, 0.1) is 24.9 Å². The molecular weight excluding hydrogens is 423 g/mol. The highest BCUT2D eigenvalue weighted by atomic mass is 19.4. The van der Waals surface area contributed by atoms with Crippen molar-refractivity contribution in [3.8, 4) is 17.0 Å². The van der Waals surface area contributed by atoms with Crippen LogP contribution in [0.15, 0.2) is 18.3 Å². The van der Waals surface area contributed by atoms with Crippen molar-refractivity contribution in [3.63, 3.8) is 0 Å². The average molecular weight is 451 g/mol. The molecule has 0 spiro atoms. The van der Waals surface area contributed by atoms with Crippen LogP contribution in [0.3, 0.4) is 0 Å². The second kappa shape index (κ2) is 7.62. The molecule has 3 aliphatic rings. The van der Waals surface area contributed by atoms with Crippen LogP contribution in [0.4, 0.5) is 19.0 Å². The quantitative estimate of drug-likeness (QED) is 0.719. The predicted octanol–water partition coefficient (Wildman–Crippen LogP) is 3.83. The molecular formula is C22H28F3N5O2. The maximum atomic E-state index is 12.7. The van der Waals surface area contributed by atoms with Gasteiger partial charge in [0.25, 0.3) is 0 Å². The zero-order valence-electron chi connectivity index (χ0n) is 18.3. The van der Waals surface area contributed by atoms with Gasteiger partial charge in [0.1, 0.15) is 0 Å². The van der Waals surface area contributed by atoms with Crippen LogP contribution in [0.25, 0.3) is 11.3 Å². The van der Waals surface area contributed by atoms with E-state index in [1.54, 1.807) is 0 Å². The number of alkyl halides is 3. The summed E-state index contributed by atoms with van der Waals surface area (Å²) in [7, 11) is 2.20. The van der Waals surface area contributed by atoms with E-state index in [0.29, 0.717) is 41.1 Å². The third-order valence-electron chi connectivity index (χ3n) is 7.19. The van der Waals surface area contributed by atoms with Crippen molar-refractivity contribution >= 4 is 5.82 Å². The van der Waals surface area contributed by atoms with Crippen molar-refractivity contribution < 1.29 is 22.6 Å². The maximum absolute atomic E-state index is 12.7. The Kier molecular flexibility index (Phi) is 5.12. The van der Waals surface area contributed by atoms with E-state index in [2.05, 4.69) is 35.5 Å². The molecule has 0 unspecified atom stereocenters. The van der Waals surface area contributed by atoms with Crippen LogP contribution in [-0.4, -0.2) is 58.4 Å². The fourth-order valence-corrected chi connectivity index (χ4v) is 5.35. The summed E-state index contributed by atoms with van der Waals surface area (Å²) in [6, 6.07) is 4.51. The van der Waals surface area contributed by atoms with Crippen LogP contribution < -0.4 is 10.5 Å². The molecule has 2 aromatic rings. The van der Waals surface area contributed by atoms with Gasteiger partial charge in [-0.2, -0.15) is 5.10 Å². The first-order valence-electron chi connectivity index (χ1n) is 11.0. The summed E-state index contributed by atoms with van der Waals surface area (Å²) in [4.78, 5) is 6.36. The number of nitrogens with two attached hydrogens (primary N) is 1. The Balaban J connectivity index is 1.36. The lowest BCUT2D eigenvalue weighted by atomic mass is 10.0. The number of likely N-dealkylation sites (N-methyl/N-ethyl adjacent to an activating group) is 1. The first kappa shape index (κ1) is 21.5. The number of hydrogen-bond acceptors (Lipinski definition) is 6. The Morgan fingerprint density at radius 1 is 1.19 bits per heavy atom. The summed E-state index contributed by atoms with van der Waals surface area (Å²) >= 11 is 0. The molecule has 0 aromatic carbocycles. The number of rotatable bonds is 6. The maximum Gasteiger partial charge on any atom is 0.573 e. The normalized spacial score (nSPS) is 27.6. The summed E-state index contributed by atoms with van der Waals surface area (Å²) in [5, 5.41) is 4.71. The highest BCUT2D eigenvalue weighted by Crippen LogP contribution is 2.64. The van der Waals surface area contributed by atoms with Crippen LogP contribution in [0.5, 0.6) is 5.75 Å². The first-order valence-corrected chi connectivity index (χ1v) is 11.0. The lowest BCUT2D eigenvalue weighted by Crippen LogP contribution is -2.51. The molecule has 4 atom stereocenters. The molecule has 0 radical (unpaired) electrons. The number of aromatic nitrogens is 3. The molecule has 10 heteroatoms. The van der Waals surface area contributed by atoms with Gasteiger partial charge in [-0.15, -0.1) is 13.2 Å². The average Bonchev–Trinajstić information content (AvgIpc) is 3.04. The Morgan fingerprint density at radius 2 is 1.88 bits per heavy atom. The van der Waals surface area contributed by atoms with E-state index in [1.807, 2.05) is 10.7 Å². The van der Waals surface area contributed by atoms with E-state index in [9.17, 15) is 13.2 Å². The summed E-state index contributed by atoms with van der Waals surface area (Å²) in [5.41, 5.74) is 7.76. The van der Waals surface area contributed by atoms with E-state index in [1.165, 1.54) is 12.3 Å². The van der Waals surface area contributed by atoms with Crippen LogP contribution >= 0.6 is 0 Å². The van der Waals surface area contributed by atoms with Gasteiger partial charge in [0.2, 0.25) is 0 Å². The second-order valence-electron chi connectivity index (χ2n) is 9.48. The molecule has 3 heterocycles. The van der Waals surface area contributed by atoms with Crippen LogP contribution in [-0.2, 0) is 4.74 Å². The minimum absolute atomic E-state index is 0.137. The number of pyridine rings is 1. The zero-order valence-corrected chi connectivity index (χ0v) is 18.3. The summed E-state index contributed by atoms with van der Waals surface area (Å²) < 4.78 is 49.5. The summed E-state index contributed by atoms with van der Waals surface area (Å²) in [5.74, 6) is 0.870. The molecule has 5 rings (SSSR count). The largest absolute Gasteiger partial charge is 0.573 e. The molecule has 174 valence electrons.